The third kappa shape index (κ3) is 53.7. The van der Waals surface area contributed by atoms with Crippen molar-refractivity contribution in [3.8, 4) is 0 Å². The van der Waals surface area contributed by atoms with Gasteiger partial charge in [0, 0.05) is 32.3 Å². The van der Waals surface area contributed by atoms with Gasteiger partial charge in [-0.15, -0.1) is 0 Å². The molecule has 0 atom stereocenters. The Morgan fingerprint density at radius 2 is 0.500 bits per heavy atom. The van der Waals surface area contributed by atoms with Crippen LogP contribution in [0.5, 0.6) is 0 Å². The fourth-order valence-electron chi connectivity index (χ4n) is 5.30. The first-order valence-corrected chi connectivity index (χ1v) is 18.0. The van der Waals surface area contributed by atoms with E-state index in [1.807, 2.05) is 0 Å². The first kappa shape index (κ1) is 50.0. The van der Waals surface area contributed by atoms with Crippen LogP contribution in [0.25, 0.3) is 0 Å². The Labute approximate surface area is 319 Å². The van der Waals surface area contributed by atoms with Crippen LogP contribution in [0.4, 0.5) is 0 Å². The summed E-state index contributed by atoms with van der Waals surface area (Å²) in [6.07, 6.45) is 40.4. The van der Waals surface area contributed by atoms with Gasteiger partial charge in [0.25, 0.3) is 0 Å². The molecule has 0 aliphatic carbocycles. The molecule has 0 aromatic carbocycles. The molecule has 0 amide bonds. The molecule has 0 rings (SSSR count). The van der Waals surface area contributed by atoms with E-state index in [0.29, 0.717) is 12.8 Å². The Hall–Kier alpha value is 1.13. The standard InChI is InChI=1S/2C18H36O2.Ba.Zn.2H/c2*1-2-3-4-5-6-7-8-9-10-11-12-13-14-15-16-17-18(19)20;;;;/h2*2-17H2,1H3,(H,19,20);;;;/q;;+2;;2*-1. The topological polar surface area (TPSA) is 74.6 Å². The van der Waals surface area contributed by atoms with Crippen LogP contribution in [-0.4, -0.2) is 71.0 Å². The van der Waals surface area contributed by atoms with Crippen molar-refractivity contribution in [2.75, 3.05) is 0 Å². The van der Waals surface area contributed by atoms with Crippen molar-refractivity contribution in [1.29, 1.82) is 0 Å². The molecule has 2 N–H and O–H groups in total. The molecule has 0 fully saturated rings. The summed E-state index contributed by atoms with van der Waals surface area (Å²) in [4.78, 5) is 20.7. The number of carbonyl (C=O) groups is 2. The molecule has 0 heterocycles. The molecule has 0 unspecified atom stereocenters. The predicted octanol–water partition coefficient (Wildman–Crippen LogP) is 12.5. The van der Waals surface area contributed by atoms with Crippen molar-refractivity contribution in [1.82, 2.24) is 0 Å². The average Bonchev–Trinajstić information content (AvgIpc) is 2.93. The molecular weight excluding hydrogens is 699 g/mol. The third-order valence-electron chi connectivity index (χ3n) is 7.99. The number of carboxylic acids is 2. The summed E-state index contributed by atoms with van der Waals surface area (Å²) in [7, 11) is 0. The van der Waals surface area contributed by atoms with Gasteiger partial charge in [-0.2, -0.15) is 0 Å². The molecule has 0 radical (unpaired) electrons. The van der Waals surface area contributed by atoms with Crippen LogP contribution >= 0.6 is 0 Å². The van der Waals surface area contributed by atoms with E-state index in [-0.39, 0.29) is 71.2 Å². The van der Waals surface area contributed by atoms with Gasteiger partial charge in [0.2, 0.25) is 0 Å². The Balaban J connectivity index is -0.000000150. The molecule has 0 aliphatic heterocycles. The van der Waals surface area contributed by atoms with E-state index >= 15 is 0 Å². The van der Waals surface area contributed by atoms with Crippen molar-refractivity contribution in [3.05, 3.63) is 0 Å². The second-order valence-electron chi connectivity index (χ2n) is 12.2. The van der Waals surface area contributed by atoms with Gasteiger partial charge in [-0.25, -0.2) is 0 Å². The third-order valence-corrected chi connectivity index (χ3v) is 7.99. The van der Waals surface area contributed by atoms with Gasteiger partial charge < -0.3 is 13.1 Å². The molecule has 0 saturated carbocycles. The van der Waals surface area contributed by atoms with Crippen LogP contribution in [0.15, 0.2) is 0 Å². The molecule has 0 aromatic rings. The predicted molar refractivity (Wildman–Crippen MR) is 182 cm³/mol. The monoisotopic (exact) mass is 772 g/mol. The van der Waals surface area contributed by atoms with Gasteiger partial charge in [-0.05, 0) is 12.8 Å². The first-order chi connectivity index (χ1) is 19.5. The normalized spacial score (nSPS) is 10.3. The molecule has 42 heavy (non-hydrogen) atoms. The van der Waals surface area contributed by atoms with Crippen molar-refractivity contribution in [3.63, 3.8) is 0 Å². The van der Waals surface area contributed by atoms with E-state index in [4.69, 9.17) is 10.2 Å². The summed E-state index contributed by atoms with van der Waals surface area (Å²) in [5.41, 5.74) is 0. The molecule has 0 spiro atoms. The summed E-state index contributed by atoms with van der Waals surface area (Å²) in [6, 6.07) is 0. The number of rotatable bonds is 32. The first-order valence-electron chi connectivity index (χ1n) is 18.0. The van der Waals surface area contributed by atoms with Gasteiger partial charge in [0.15, 0.2) is 0 Å². The second kappa shape index (κ2) is 46.6. The van der Waals surface area contributed by atoms with Crippen LogP contribution < -0.4 is 0 Å². The van der Waals surface area contributed by atoms with Crippen LogP contribution in [0.3, 0.4) is 0 Å². The number of hydrogen-bond donors (Lipinski definition) is 2. The van der Waals surface area contributed by atoms with Crippen molar-refractivity contribution < 1.29 is 42.1 Å². The van der Waals surface area contributed by atoms with Crippen molar-refractivity contribution in [2.45, 2.75) is 219 Å². The van der Waals surface area contributed by atoms with Gasteiger partial charge >= 0.3 is 60.8 Å². The molecule has 0 saturated heterocycles. The Morgan fingerprint density at radius 1 is 0.357 bits per heavy atom. The van der Waals surface area contributed by atoms with E-state index in [1.165, 1.54) is 167 Å². The van der Waals surface area contributed by atoms with E-state index in [9.17, 15) is 9.59 Å². The average molecular weight is 774 g/mol. The fraction of sp³-hybridized carbons (Fsp3) is 0.944. The zero-order chi connectivity index (χ0) is 29.8. The SMILES string of the molecule is CCCCCCCCCCCCCCCCCC(=O)O.CCCCCCCCCCCCCCCCCC(=O)O.[Ba+2].[H-].[H-].[Zn]. The van der Waals surface area contributed by atoms with Crippen LogP contribution in [-0.2, 0) is 29.1 Å². The second-order valence-corrected chi connectivity index (χ2v) is 12.2. The fourth-order valence-corrected chi connectivity index (χ4v) is 5.30. The zero-order valence-electron chi connectivity index (χ0n) is 30.8. The maximum atomic E-state index is 10.3. The van der Waals surface area contributed by atoms with Gasteiger partial charge in [-0.3, -0.25) is 9.59 Å². The van der Waals surface area contributed by atoms with Crippen molar-refractivity contribution in [2.24, 2.45) is 0 Å². The van der Waals surface area contributed by atoms with Crippen LogP contribution in [0.1, 0.15) is 222 Å². The molecule has 4 nitrogen and oxygen atoms in total. The van der Waals surface area contributed by atoms with E-state index in [1.54, 1.807) is 0 Å². The Bertz CT molecular complexity index is 473. The molecule has 0 aromatic heterocycles. The van der Waals surface area contributed by atoms with Gasteiger partial charge in [-0.1, -0.05) is 194 Å². The number of carboxylic acid groups (broad SMARTS) is 2. The largest absolute Gasteiger partial charge is 2.00 e. The quantitative estimate of drug-likeness (QED) is 0.0527. The minimum atomic E-state index is -0.653. The van der Waals surface area contributed by atoms with Gasteiger partial charge in [0.05, 0.1) is 0 Å². The summed E-state index contributed by atoms with van der Waals surface area (Å²) >= 11 is 0. The minimum absolute atomic E-state index is 0. The minimum Gasteiger partial charge on any atom is -1.00 e. The zero-order valence-corrected chi connectivity index (χ0v) is 36.2. The number of hydrogen-bond acceptors (Lipinski definition) is 2. The molecule has 6 heteroatoms. The summed E-state index contributed by atoms with van der Waals surface area (Å²) < 4.78 is 0. The molecule has 246 valence electrons. The summed E-state index contributed by atoms with van der Waals surface area (Å²) in [6.45, 7) is 4.54. The summed E-state index contributed by atoms with van der Waals surface area (Å²) in [5.74, 6) is -1.31. The maximum Gasteiger partial charge on any atom is 2.00 e. The Morgan fingerprint density at radius 3 is 0.643 bits per heavy atom. The van der Waals surface area contributed by atoms with E-state index < -0.39 is 11.9 Å². The van der Waals surface area contributed by atoms with Crippen molar-refractivity contribution >= 4 is 60.8 Å². The van der Waals surface area contributed by atoms with E-state index in [0.717, 1.165) is 25.7 Å². The smallest absolute Gasteiger partial charge is 1.00 e. The molecule has 0 bridgehead atoms. The number of aliphatic carboxylic acids is 2. The van der Waals surface area contributed by atoms with Crippen LogP contribution in [0.2, 0.25) is 0 Å². The molecular formula is C36H74BaO4Zn. The Kier molecular flexibility index (Phi) is 55.4. The van der Waals surface area contributed by atoms with E-state index in [2.05, 4.69) is 13.8 Å². The summed E-state index contributed by atoms with van der Waals surface area (Å²) in [5, 5.41) is 17.0. The number of unbranched alkanes of at least 4 members (excludes halogenated alkanes) is 28. The van der Waals surface area contributed by atoms with Gasteiger partial charge in [0.1, 0.15) is 0 Å². The van der Waals surface area contributed by atoms with Crippen LogP contribution in [0, 0.1) is 0 Å². The maximum absolute atomic E-state index is 10.3. The molecule has 0 aliphatic rings.